The van der Waals surface area contributed by atoms with Crippen LogP contribution in [-0.4, -0.2) is 47.0 Å². The number of benzene rings is 1. The van der Waals surface area contributed by atoms with Crippen LogP contribution in [-0.2, 0) is 11.2 Å². The standard InChI is InChI=1S/C21H22FN5OS/c1-15-3-2-4-19(23-15)25-21-24-17(14-29-21)13-20(28)27-11-9-26(10-12-27)18-7-5-16(22)6-8-18/h2-8,14H,9-13H2,1H3,(H,23,24,25). The number of hydrogen-bond donors (Lipinski definition) is 1. The molecule has 150 valence electrons. The second kappa shape index (κ2) is 8.57. The highest BCUT2D eigenvalue weighted by Crippen LogP contribution is 2.21. The zero-order valence-corrected chi connectivity index (χ0v) is 17.0. The summed E-state index contributed by atoms with van der Waals surface area (Å²) < 4.78 is 13.1. The molecule has 1 saturated heterocycles. The second-order valence-corrected chi connectivity index (χ2v) is 7.81. The van der Waals surface area contributed by atoms with Crippen LogP contribution in [0.3, 0.4) is 0 Å². The fourth-order valence-electron chi connectivity index (χ4n) is 3.30. The van der Waals surface area contributed by atoms with Gasteiger partial charge in [-0.15, -0.1) is 11.3 Å². The molecule has 1 fully saturated rings. The van der Waals surface area contributed by atoms with Gasteiger partial charge in [-0.25, -0.2) is 14.4 Å². The maximum atomic E-state index is 13.1. The summed E-state index contributed by atoms with van der Waals surface area (Å²) >= 11 is 1.47. The van der Waals surface area contributed by atoms with E-state index in [1.807, 2.05) is 35.4 Å². The lowest BCUT2D eigenvalue weighted by Gasteiger charge is -2.36. The van der Waals surface area contributed by atoms with E-state index in [0.717, 1.165) is 41.1 Å². The third-order valence-corrected chi connectivity index (χ3v) is 5.64. The van der Waals surface area contributed by atoms with Gasteiger partial charge in [0.2, 0.25) is 5.91 Å². The number of pyridine rings is 1. The SMILES string of the molecule is Cc1cccc(Nc2nc(CC(=O)N3CCN(c4ccc(F)cc4)CC3)cs2)n1. The molecule has 1 aliphatic heterocycles. The number of piperazine rings is 1. The number of aryl methyl sites for hydroxylation is 1. The number of halogens is 1. The van der Waals surface area contributed by atoms with Gasteiger partial charge in [0.05, 0.1) is 12.1 Å². The van der Waals surface area contributed by atoms with E-state index in [1.165, 1.54) is 23.5 Å². The first-order valence-corrected chi connectivity index (χ1v) is 10.4. The van der Waals surface area contributed by atoms with Crippen LogP contribution >= 0.6 is 11.3 Å². The van der Waals surface area contributed by atoms with E-state index in [0.29, 0.717) is 13.1 Å². The zero-order chi connectivity index (χ0) is 20.2. The van der Waals surface area contributed by atoms with Crippen LogP contribution in [0.2, 0.25) is 0 Å². The second-order valence-electron chi connectivity index (χ2n) is 6.95. The molecule has 1 N–H and O–H groups in total. The number of amides is 1. The Balaban J connectivity index is 1.30. The smallest absolute Gasteiger partial charge is 0.228 e. The van der Waals surface area contributed by atoms with Crippen LogP contribution in [0.25, 0.3) is 0 Å². The Kier molecular flexibility index (Phi) is 5.71. The molecule has 0 saturated carbocycles. The van der Waals surface area contributed by atoms with Crippen molar-refractivity contribution < 1.29 is 9.18 Å². The average Bonchev–Trinajstić information content (AvgIpc) is 3.15. The monoisotopic (exact) mass is 411 g/mol. The van der Waals surface area contributed by atoms with E-state index in [4.69, 9.17) is 0 Å². The first kappa shape index (κ1) is 19.3. The minimum atomic E-state index is -0.238. The van der Waals surface area contributed by atoms with Crippen molar-refractivity contribution >= 4 is 33.9 Å². The van der Waals surface area contributed by atoms with Crippen molar-refractivity contribution in [3.63, 3.8) is 0 Å². The molecule has 0 unspecified atom stereocenters. The van der Waals surface area contributed by atoms with Crippen LogP contribution in [0.15, 0.2) is 47.8 Å². The summed E-state index contributed by atoms with van der Waals surface area (Å²) in [5, 5.41) is 5.82. The molecule has 0 aliphatic carbocycles. The molecule has 0 spiro atoms. The van der Waals surface area contributed by atoms with Crippen molar-refractivity contribution in [3.8, 4) is 0 Å². The molecule has 0 radical (unpaired) electrons. The van der Waals surface area contributed by atoms with Gasteiger partial charge in [-0.05, 0) is 43.3 Å². The predicted octanol–water partition coefficient (Wildman–Crippen LogP) is 3.62. The highest BCUT2D eigenvalue weighted by atomic mass is 32.1. The minimum absolute atomic E-state index is 0.0780. The number of nitrogens with zero attached hydrogens (tertiary/aromatic N) is 4. The minimum Gasteiger partial charge on any atom is -0.368 e. The predicted molar refractivity (Wildman–Crippen MR) is 113 cm³/mol. The molecular weight excluding hydrogens is 389 g/mol. The fraction of sp³-hybridized carbons (Fsp3) is 0.286. The van der Waals surface area contributed by atoms with Crippen LogP contribution in [0, 0.1) is 12.7 Å². The van der Waals surface area contributed by atoms with Crippen molar-refractivity contribution in [1.82, 2.24) is 14.9 Å². The molecule has 29 heavy (non-hydrogen) atoms. The quantitative estimate of drug-likeness (QED) is 0.695. The Morgan fingerprint density at radius 3 is 2.59 bits per heavy atom. The van der Waals surface area contributed by atoms with Crippen LogP contribution in [0.4, 0.5) is 21.0 Å². The normalized spacial score (nSPS) is 14.1. The Labute approximate surface area is 173 Å². The van der Waals surface area contributed by atoms with E-state index < -0.39 is 0 Å². The number of carbonyl (C=O) groups excluding carboxylic acids is 1. The summed E-state index contributed by atoms with van der Waals surface area (Å²) in [6.45, 7) is 4.71. The van der Waals surface area contributed by atoms with Crippen LogP contribution in [0.5, 0.6) is 0 Å². The van der Waals surface area contributed by atoms with Crippen molar-refractivity contribution in [2.24, 2.45) is 0 Å². The van der Waals surface area contributed by atoms with E-state index in [2.05, 4.69) is 20.2 Å². The highest BCUT2D eigenvalue weighted by Gasteiger charge is 2.22. The Hall–Kier alpha value is -3.00. The van der Waals surface area contributed by atoms with Gasteiger partial charge in [-0.1, -0.05) is 6.07 Å². The lowest BCUT2D eigenvalue weighted by Crippen LogP contribution is -2.49. The molecule has 1 amide bonds. The molecule has 6 nitrogen and oxygen atoms in total. The maximum Gasteiger partial charge on any atom is 0.228 e. The number of carbonyl (C=O) groups is 1. The summed E-state index contributed by atoms with van der Waals surface area (Å²) in [7, 11) is 0. The Morgan fingerprint density at radius 1 is 1.10 bits per heavy atom. The lowest BCUT2D eigenvalue weighted by molar-refractivity contribution is -0.130. The third-order valence-electron chi connectivity index (χ3n) is 4.83. The van der Waals surface area contributed by atoms with Gasteiger partial charge < -0.3 is 15.1 Å². The summed E-state index contributed by atoms with van der Waals surface area (Å²) in [4.78, 5) is 25.6. The zero-order valence-electron chi connectivity index (χ0n) is 16.1. The number of thiazole rings is 1. The van der Waals surface area contributed by atoms with Crippen molar-refractivity contribution in [2.75, 3.05) is 36.4 Å². The number of anilines is 3. The highest BCUT2D eigenvalue weighted by molar-refractivity contribution is 7.13. The van der Waals surface area contributed by atoms with E-state index >= 15 is 0 Å². The summed E-state index contributed by atoms with van der Waals surface area (Å²) in [6, 6.07) is 12.3. The van der Waals surface area contributed by atoms with Gasteiger partial charge in [0.25, 0.3) is 0 Å². The van der Waals surface area contributed by atoms with Gasteiger partial charge in [-0.2, -0.15) is 0 Å². The van der Waals surface area contributed by atoms with Crippen molar-refractivity contribution in [2.45, 2.75) is 13.3 Å². The number of aromatic nitrogens is 2. The first-order chi connectivity index (χ1) is 14.1. The third kappa shape index (κ3) is 4.89. The summed E-state index contributed by atoms with van der Waals surface area (Å²) in [6.07, 6.45) is 0.288. The van der Waals surface area contributed by atoms with E-state index in [9.17, 15) is 9.18 Å². The van der Waals surface area contributed by atoms with Crippen LogP contribution in [0.1, 0.15) is 11.4 Å². The van der Waals surface area contributed by atoms with Crippen molar-refractivity contribution in [1.29, 1.82) is 0 Å². The van der Waals surface area contributed by atoms with Crippen molar-refractivity contribution in [3.05, 3.63) is 65.0 Å². The van der Waals surface area contributed by atoms with Gasteiger partial charge in [0, 0.05) is 42.9 Å². The first-order valence-electron chi connectivity index (χ1n) is 9.50. The molecule has 1 aromatic carbocycles. The molecule has 4 rings (SSSR count). The van der Waals surface area contributed by atoms with Gasteiger partial charge >= 0.3 is 0 Å². The topological polar surface area (TPSA) is 61.4 Å². The largest absolute Gasteiger partial charge is 0.368 e. The Bertz CT molecular complexity index is 983. The molecule has 0 bridgehead atoms. The molecule has 2 aromatic heterocycles. The number of rotatable bonds is 5. The molecule has 3 aromatic rings. The average molecular weight is 412 g/mol. The molecule has 3 heterocycles. The lowest BCUT2D eigenvalue weighted by atomic mass is 10.2. The number of hydrogen-bond acceptors (Lipinski definition) is 6. The van der Waals surface area contributed by atoms with E-state index in [-0.39, 0.29) is 18.1 Å². The summed E-state index contributed by atoms with van der Waals surface area (Å²) in [5.41, 5.74) is 2.68. The molecular formula is C21H22FN5OS. The van der Waals surface area contributed by atoms with Gasteiger partial charge in [0.15, 0.2) is 5.13 Å². The van der Waals surface area contributed by atoms with Crippen LogP contribution < -0.4 is 10.2 Å². The maximum absolute atomic E-state index is 13.1. The number of nitrogens with one attached hydrogen (secondary N) is 1. The molecule has 0 atom stereocenters. The van der Waals surface area contributed by atoms with Gasteiger partial charge in [0.1, 0.15) is 11.6 Å². The molecule has 8 heteroatoms. The van der Waals surface area contributed by atoms with E-state index in [1.54, 1.807) is 12.1 Å². The molecule has 1 aliphatic rings. The van der Waals surface area contributed by atoms with Gasteiger partial charge in [-0.3, -0.25) is 4.79 Å². The summed E-state index contributed by atoms with van der Waals surface area (Å²) in [5.74, 6) is 0.585. The Morgan fingerprint density at radius 2 is 1.86 bits per heavy atom. The fourth-order valence-corrected chi connectivity index (χ4v) is 4.02.